The van der Waals surface area contributed by atoms with Crippen LogP contribution >= 0.6 is 0 Å². The Kier molecular flexibility index (Phi) is 17.0. The van der Waals surface area contributed by atoms with E-state index in [9.17, 15) is 48.6 Å². The van der Waals surface area contributed by atoms with Crippen molar-refractivity contribution in [3.8, 4) is 0 Å². The molecule has 0 bridgehead atoms. The fourth-order valence-corrected chi connectivity index (χ4v) is 6.18. The van der Waals surface area contributed by atoms with Crippen LogP contribution in [0.5, 0.6) is 0 Å². The van der Waals surface area contributed by atoms with E-state index in [4.69, 9.17) is 16.6 Å². The molecule has 1 aromatic heterocycles. The van der Waals surface area contributed by atoms with Crippen LogP contribution in [0.25, 0.3) is 10.9 Å². The van der Waals surface area contributed by atoms with Crippen LogP contribution in [-0.2, 0) is 44.8 Å². The number of aliphatic hydroxyl groups is 1. The van der Waals surface area contributed by atoms with Crippen LogP contribution in [0, 0.1) is 0 Å². The Morgan fingerprint density at radius 1 is 0.855 bits per heavy atom. The van der Waals surface area contributed by atoms with Crippen LogP contribution in [0.4, 0.5) is 0 Å². The Hall–Kier alpha value is -5.60. The van der Waals surface area contributed by atoms with Gasteiger partial charge in [0.2, 0.25) is 35.4 Å². The summed E-state index contributed by atoms with van der Waals surface area (Å²) in [6.07, 6.45) is 2.52. The van der Waals surface area contributed by atoms with Crippen LogP contribution in [-0.4, -0.2) is 135 Å². The van der Waals surface area contributed by atoms with E-state index in [1.54, 1.807) is 6.20 Å². The van der Waals surface area contributed by atoms with Gasteiger partial charge in [-0.3, -0.25) is 33.6 Å². The highest BCUT2D eigenvalue weighted by Gasteiger charge is 2.39. The molecule has 2 aromatic rings. The second-order valence-corrected chi connectivity index (χ2v) is 13.2. The van der Waals surface area contributed by atoms with E-state index in [2.05, 4.69) is 31.6 Å². The number of carboxylic acids is 2. The summed E-state index contributed by atoms with van der Waals surface area (Å²) in [4.78, 5) is 106. The molecule has 302 valence electrons. The number of aliphatic carboxylic acids is 2. The van der Waals surface area contributed by atoms with Gasteiger partial charge in [-0.1, -0.05) is 18.2 Å². The Morgan fingerprint density at radius 3 is 2.18 bits per heavy atom. The first-order valence-corrected chi connectivity index (χ1v) is 18.0. The quantitative estimate of drug-likeness (QED) is 0.0539. The molecular formula is C35H51N9O11. The molecule has 0 unspecified atom stereocenters. The Bertz CT molecular complexity index is 1700. The number of aromatic amines is 1. The lowest BCUT2D eigenvalue weighted by Gasteiger charge is -2.30. The minimum atomic E-state index is -1.54. The lowest BCUT2D eigenvalue weighted by molar-refractivity contribution is -0.144. The lowest BCUT2D eigenvalue weighted by atomic mass is 10.0. The molecule has 55 heavy (non-hydrogen) atoms. The number of benzene rings is 1. The van der Waals surface area contributed by atoms with Crippen molar-refractivity contribution in [2.75, 3.05) is 26.2 Å². The summed E-state index contributed by atoms with van der Waals surface area (Å²) in [7, 11) is 0. The number of carbonyl (C=O) groups excluding carboxylic acids is 6. The summed E-state index contributed by atoms with van der Waals surface area (Å²) in [6, 6.07) is -0.467. The number of aliphatic hydroxyl groups excluding tert-OH is 1. The summed E-state index contributed by atoms with van der Waals surface area (Å²) in [5.41, 5.74) is 12.4. The predicted molar refractivity (Wildman–Crippen MR) is 196 cm³/mol. The van der Waals surface area contributed by atoms with E-state index in [1.807, 2.05) is 24.3 Å². The van der Waals surface area contributed by atoms with Crippen molar-refractivity contribution in [3.63, 3.8) is 0 Å². The topological polar surface area (TPSA) is 328 Å². The molecule has 1 saturated heterocycles. The van der Waals surface area contributed by atoms with E-state index < -0.39 is 103 Å². The van der Waals surface area contributed by atoms with E-state index in [1.165, 1.54) is 6.92 Å². The number of likely N-dealkylation sites (tertiary alicyclic amines) is 1. The number of nitrogens with one attached hydrogen (secondary N) is 6. The van der Waals surface area contributed by atoms with E-state index in [0.29, 0.717) is 31.4 Å². The summed E-state index contributed by atoms with van der Waals surface area (Å²) in [6.45, 7) is 0.321. The van der Waals surface area contributed by atoms with E-state index in [-0.39, 0.29) is 32.2 Å². The van der Waals surface area contributed by atoms with Crippen molar-refractivity contribution in [2.45, 2.75) is 94.5 Å². The van der Waals surface area contributed by atoms with E-state index >= 15 is 0 Å². The minimum Gasteiger partial charge on any atom is -0.481 e. The maximum absolute atomic E-state index is 13.6. The number of rotatable bonds is 22. The number of carboxylic acid groups (broad SMARTS) is 2. The molecule has 20 nitrogen and oxygen atoms in total. The van der Waals surface area contributed by atoms with Crippen molar-refractivity contribution >= 4 is 58.3 Å². The predicted octanol–water partition coefficient (Wildman–Crippen LogP) is -2.83. The molecule has 6 atom stereocenters. The first-order chi connectivity index (χ1) is 26.2. The average Bonchev–Trinajstić information content (AvgIpc) is 3.82. The van der Waals surface area contributed by atoms with Crippen molar-refractivity contribution in [1.82, 2.24) is 36.5 Å². The Morgan fingerprint density at radius 2 is 1.53 bits per heavy atom. The number of nitrogens with two attached hydrogens (primary N) is 2. The molecule has 0 spiro atoms. The third kappa shape index (κ3) is 12.8. The summed E-state index contributed by atoms with van der Waals surface area (Å²) in [5, 5.41) is 42.0. The highest BCUT2D eigenvalue weighted by molar-refractivity contribution is 5.97. The standard InChI is InChI=1S/C35H51N9O11/c1-19(39-31(50)24(11-12-29(47)48)40-28(46)16-37)30(49)43-26(18-45)34(53)44-14-6-10-27(44)33(52)41-23(9-4-5-13-36)32(51)42-25(35(54)55)15-20-17-38-22-8-3-2-7-21(20)22/h2-3,7-8,17,19,23-27,38,45H,4-6,9-16,18,36-37H2,1H3,(H,39,50)(H,40,46)(H,41,52)(H,42,51)(H,43,49)(H,47,48)(H,54,55)/t19-,23-,24-,25-,26-,27-/m0/s1. The van der Waals surface area contributed by atoms with Crippen molar-refractivity contribution in [1.29, 1.82) is 0 Å². The van der Waals surface area contributed by atoms with Gasteiger partial charge in [0.25, 0.3) is 0 Å². The maximum atomic E-state index is 13.6. The number of hydrogen-bond acceptors (Lipinski definition) is 11. The number of carbonyl (C=O) groups is 8. The summed E-state index contributed by atoms with van der Waals surface area (Å²) < 4.78 is 0. The number of H-pyrrole nitrogens is 1. The van der Waals surface area contributed by atoms with Crippen LogP contribution in [0.15, 0.2) is 30.5 Å². The zero-order chi connectivity index (χ0) is 40.7. The minimum absolute atomic E-state index is 0.0355. The molecule has 20 heteroatoms. The van der Waals surface area contributed by atoms with Crippen LogP contribution in [0.1, 0.15) is 57.4 Å². The zero-order valence-electron chi connectivity index (χ0n) is 30.5. The molecule has 3 rings (SSSR count). The van der Waals surface area contributed by atoms with Crippen molar-refractivity contribution in [3.05, 3.63) is 36.0 Å². The molecule has 1 aliphatic heterocycles. The van der Waals surface area contributed by atoms with Gasteiger partial charge >= 0.3 is 11.9 Å². The van der Waals surface area contributed by atoms with Crippen LogP contribution in [0.2, 0.25) is 0 Å². The number of unbranched alkanes of at least 4 members (excludes halogenated alkanes) is 1. The highest BCUT2D eigenvalue weighted by atomic mass is 16.4. The third-order valence-corrected chi connectivity index (χ3v) is 9.17. The first-order valence-electron chi connectivity index (χ1n) is 18.0. The second-order valence-electron chi connectivity index (χ2n) is 13.2. The molecule has 1 aromatic carbocycles. The van der Waals surface area contributed by atoms with Crippen LogP contribution < -0.4 is 38.1 Å². The van der Waals surface area contributed by atoms with E-state index in [0.717, 1.165) is 15.8 Å². The molecule has 0 aliphatic carbocycles. The van der Waals surface area contributed by atoms with Gasteiger partial charge in [0.1, 0.15) is 36.3 Å². The summed E-state index contributed by atoms with van der Waals surface area (Å²) in [5.74, 6) is -7.26. The first kappa shape index (κ1) is 43.8. The second kappa shape index (κ2) is 21.3. The smallest absolute Gasteiger partial charge is 0.326 e. The Balaban J connectivity index is 1.67. The maximum Gasteiger partial charge on any atom is 0.326 e. The normalized spacial score (nSPS) is 16.6. The molecule has 2 heterocycles. The van der Waals surface area contributed by atoms with Gasteiger partial charge in [-0.05, 0) is 63.6 Å². The van der Waals surface area contributed by atoms with Gasteiger partial charge in [-0.25, -0.2) is 4.79 Å². The van der Waals surface area contributed by atoms with Gasteiger partial charge in [-0.15, -0.1) is 0 Å². The molecule has 0 saturated carbocycles. The fourth-order valence-electron chi connectivity index (χ4n) is 6.18. The van der Waals surface area contributed by atoms with Crippen LogP contribution in [0.3, 0.4) is 0 Å². The van der Waals surface area contributed by atoms with Gasteiger partial charge in [0.15, 0.2) is 0 Å². The molecule has 6 amide bonds. The van der Waals surface area contributed by atoms with Gasteiger partial charge in [0, 0.05) is 36.5 Å². The van der Waals surface area contributed by atoms with Crippen molar-refractivity contribution < 1.29 is 53.7 Å². The molecule has 1 aliphatic rings. The number of nitrogens with zero attached hydrogens (tertiary/aromatic N) is 1. The van der Waals surface area contributed by atoms with Gasteiger partial charge < -0.3 is 63.3 Å². The van der Waals surface area contributed by atoms with Gasteiger partial charge in [-0.2, -0.15) is 0 Å². The SMILES string of the molecule is C[C@H](NC(=O)[C@H](CCC(=O)O)NC(=O)CN)C(=O)N[C@@H](CO)C(=O)N1CCC[C@H]1C(=O)N[C@@H](CCCCN)C(=O)N[C@@H](Cc1c[nH]c2ccccc12)C(=O)O. The molecule has 0 radical (unpaired) electrons. The largest absolute Gasteiger partial charge is 0.481 e. The number of para-hydroxylation sites is 1. The number of fused-ring (bicyclic) bond motifs is 1. The number of amides is 6. The average molecular weight is 774 g/mol. The number of hydrogen-bond donors (Lipinski definition) is 11. The monoisotopic (exact) mass is 773 g/mol. The molecule has 1 fully saturated rings. The Labute approximate surface area is 316 Å². The summed E-state index contributed by atoms with van der Waals surface area (Å²) >= 11 is 0. The van der Waals surface area contributed by atoms with Gasteiger partial charge in [0.05, 0.1) is 13.2 Å². The van der Waals surface area contributed by atoms with Crippen molar-refractivity contribution in [2.24, 2.45) is 11.5 Å². The molecular weight excluding hydrogens is 722 g/mol. The third-order valence-electron chi connectivity index (χ3n) is 9.17. The molecule has 13 N–H and O–H groups in total. The zero-order valence-corrected chi connectivity index (χ0v) is 30.5. The highest BCUT2D eigenvalue weighted by Crippen LogP contribution is 2.21. The fraction of sp³-hybridized carbons (Fsp3) is 0.543. The lowest BCUT2D eigenvalue weighted by Crippen LogP contribution is -2.59. The number of aromatic nitrogens is 1.